The Morgan fingerprint density at radius 3 is 1.71 bits per heavy atom. The Labute approximate surface area is 248 Å². The highest BCUT2D eigenvalue weighted by molar-refractivity contribution is 7.98. The summed E-state index contributed by atoms with van der Waals surface area (Å²) in [5.74, 6) is 0.0302. The van der Waals surface area contributed by atoms with Crippen LogP contribution < -0.4 is 9.47 Å². The fraction of sp³-hybridized carbons (Fsp3) is 0.414. The van der Waals surface area contributed by atoms with E-state index in [0.29, 0.717) is 30.8 Å². The van der Waals surface area contributed by atoms with Gasteiger partial charge in [0.05, 0.1) is 26.4 Å². The molecule has 2 aromatic carbocycles. The third-order valence-corrected chi connectivity index (χ3v) is 6.41. The van der Waals surface area contributed by atoms with Crippen molar-refractivity contribution in [3.8, 4) is 11.5 Å². The lowest BCUT2D eigenvalue weighted by atomic mass is 10.1. The fourth-order valence-corrected chi connectivity index (χ4v) is 3.93. The van der Waals surface area contributed by atoms with Crippen LogP contribution in [0.4, 0.5) is 0 Å². The molecule has 0 aliphatic heterocycles. The van der Waals surface area contributed by atoms with Gasteiger partial charge < -0.3 is 33.5 Å². The van der Waals surface area contributed by atoms with Gasteiger partial charge in [-0.25, -0.2) is 14.4 Å². The number of thioether (sulfide) groups is 2. The third kappa shape index (κ3) is 13.3. The second kappa shape index (κ2) is 19.8. The van der Waals surface area contributed by atoms with E-state index in [4.69, 9.17) is 33.5 Å². The van der Waals surface area contributed by atoms with Crippen molar-refractivity contribution < 1.29 is 47.9 Å². The molecule has 1 N–H and O–H groups in total. The van der Waals surface area contributed by atoms with Gasteiger partial charge >= 0.3 is 17.9 Å². The zero-order chi connectivity index (χ0) is 29.9. The summed E-state index contributed by atoms with van der Waals surface area (Å²) in [7, 11) is 0. The van der Waals surface area contributed by atoms with Gasteiger partial charge in [0.25, 0.3) is 0 Å². The maximum absolute atomic E-state index is 12.1. The van der Waals surface area contributed by atoms with Crippen LogP contribution in [0.5, 0.6) is 11.5 Å². The number of carboxylic acids is 1. The van der Waals surface area contributed by atoms with Crippen LogP contribution >= 0.6 is 23.5 Å². The summed E-state index contributed by atoms with van der Waals surface area (Å²) in [6, 6.07) is 10.9. The number of aliphatic carboxylic acids is 1. The Bertz CT molecular complexity index is 1150. The minimum Gasteiger partial charge on any atom is -0.489 e. The van der Waals surface area contributed by atoms with E-state index in [1.807, 2.05) is 36.8 Å². The normalized spacial score (nSPS) is 12.5. The van der Waals surface area contributed by atoms with Crippen LogP contribution in [0.1, 0.15) is 0 Å². The first kappa shape index (κ1) is 34.0. The fourth-order valence-electron chi connectivity index (χ4n) is 3.36. The number of hydrogen-bond donors (Lipinski definition) is 1. The van der Waals surface area contributed by atoms with Gasteiger partial charge in [-0.3, -0.25) is 0 Å². The van der Waals surface area contributed by atoms with Crippen molar-refractivity contribution in [1.29, 1.82) is 0 Å². The molecule has 10 nitrogen and oxygen atoms in total. The lowest BCUT2D eigenvalue weighted by molar-refractivity contribution is -0.148. The van der Waals surface area contributed by atoms with Gasteiger partial charge in [-0.2, -0.15) is 23.5 Å². The number of hydrogen-bond acceptors (Lipinski definition) is 11. The van der Waals surface area contributed by atoms with Crippen molar-refractivity contribution >= 4 is 52.2 Å². The number of carboxylic acid groups (broad SMARTS) is 1. The van der Waals surface area contributed by atoms with Crippen molar-refractivity contribution in [2.24, 2.45) is 0 Å². The number of benzene rings is 2. The van der Waals surface area contributed by atoms with E-state index < -0.39 is 30.1 Å². The minimum absolute atomic E-state index is 0.0247. The summed E-state index contributed by atoms with van der Waals surface area (Å²) in [4.78, 5) is 34.6. The molecule has 0 aromatic heterocycles. The molecular weight excluding hydrogens is 572 g/mol. The van der Waals surface area contributed by atoms with Gasteiger partial charge in [-0.05, 0) is 24.6 Å². The average molecular weight is 609 g/mol. The SMILES string of the molecule is C=CC(=O)OC(COCCSC)COc1ccc(OCC(COCCSC)OC(=O)C=CC(=O)O)c2ccccc12. The standard InChI is InChI=1S/C29H36O10S2/c1-4-28(32)38-21(17-34-13-15-40-2)19-36-25-9-10-26(24-8-6-5-7-23(24)25)37-20-22(18-35-14-16-41-3)39-29(33)12-11-27(30)31/h4-12,21-22H,1,13-20H2,2-3H3,(H,30,31). The molecule has 2 atom stereocenters. The number of carbonyl (C=O) groups excluding carboxylic acids is 2. The molecule has 0 fully saturated rings. The van der Waals surface area contributed by atoms with Crippen molar-refractivity contribution in [3.05, 3.63) is 61.2 Å². The van der Waals surface area contributed by atoms with Gasteiger partial charge in [0, 0.05) is 40.5 Å². The lowest BCUT2D eigenvalue weighted by Gasteiger charge is -2.20. The van der Waals surface area contributed by atoms with Gasteiger partial charge in [0.2, 0.25) is 0 Å². The largest absolute Gasteiger partial charge is 0.489 e. The second-order valence-electron chi connectivity index (χ2n) is 8.36. The Hall–Kier alpha value is -3.19. The Morgan fingerprint density at radius 1 is 0.780 bits per heavy atom. The summed E-state index contributed by atoms with van der Waals surface area (Å²) in [6.07, 6.45) is 5.17. The maximum Gasteiger partial charge on any atom is 0.331 e. The van der Waals surface area contributed by atoms with Gasteiger partial charge in [0.15, 0.2) is 12.2 Å². The number of fused-ring (bicyclic) bond motifs is 1. The van der Waals surface area contributed by atoms with Crippen LogP contribution in [-0.2, 0) is 33.3 Å². The van der Waals surface area contributed by atoms with E-state index in [1.54, 1.807) is 35.7 Å². The molecule has 2 aromatic rings. The Kier molecular flexibility index (Phi) is 16.4. The predicted molar refractivity (Wildman–Crippen MR) is 160 cm³/mol. The first-order chi connectivity index (χ1) is 19.9. The number of rotatable bonds is 21. The average Bonchev–Trinajstić information content (AvgIpc) is 2.97. The zero-order valence-corrected chi connectivity index (χ0v) is 24.8. The molecule has 0 spiro atoms. The van der Waals surface area contributed by atoms with Crippen LogP contribution in [0.15, 0.2) is 61.2 Å². The van der Waals surface area contributed by atoms with E-state index in [9.17, 15) is 14.4 Å². The maximum atomic E-state index is 12.1. The van der Waals surface area contributed by atoms with Crippen LogP contribution in [0.25, 0.3) is 10.8 Å². The predicted octanol–water partition coefficient (Wildman–Crippen LogP) is 4.01. The molecule has 0 amide bonds. The summed E-state index contributed by atoms with van der Waals surface area (Å²) >= 11 is 3.27. The van der Waals surface area contributed by atoms with Crippen molar-refractivity contribution in [2.45, 2.75) is 12.2 Å². The molecule has 0 heterocycles. The molecule has 2 unspecified atom stereocenters. The van der Waals surface area contributed by atoms with Crippen molar-refractivity contribution in [3.63, 3.8) is 0 Å². The highest BCUT2D eigenvalue weighted by Crippen LogP contribution is 2.33. The van der Waals surface area contributed by atoms with Crippen LogP contribution in [-0.4, -0.2) is 98.9 Å². The molecule has 0 saturated heterocycles. The lowest BCUT2D eigenvalue weighted by Crippen LogP contribution is -2.30. The van der Waals surface area contributed by atoms with Crippen LogP contribution in [0, 0.1) is 0 Å². The number of carbonyl (C=O) groups is 3. The minimum atomic E-state index is -1.26. The molecule has 0 aliphatic carbocycles. The summed E-state index contributed by atoms with van der Waals surface area (Å²) in [6.45, 7) is 4.73. The summed E-state index contributed by atoms with van der Waals surface area (Å²) in [5.41, 5.74) is 0. The third-order valence-electron chi connectivity index (χ3n) is 5.26. The smallest absolute Gasteiger partial charge is 0.331 e. The molecule has 41 heavy (non-hydrogen) atoms. The van der Waals surface area contributed by atoms with E-state index in [1.165, 1.54) is 0 Å². The van der Waals surface area contributed by atoms with Gasteiger partial charge in [-0.1, -0.05) is 30.8 Å². The number of ether oxygens (including phenoxy) is 6. The Morgan fingerprint density at radius 2 is 1.27 bits per heavy atom. The Balaban J connectivity index is 2.13. The first-order valence-corrected chi connectivity index (χ1v) is 15.5. The van der Waals surface area contributed by atoms with Gasteiger partial charge in [-0.15, -0.1) is 0 Å². The van der Waals surface area contributed by atoms with Gasteiger partial charge in [0.1, 0.15) is 24.7 Å². The summed E-state index contributed by atoms with van der Waals surface area (Å²) in [5, 5.41) is 10.3. The molecule has 0 aliphatic rings. The first-order valence-electron chi connectivity index (χ1n) is 12.7. The topological polar surface area (TPSA) is 127 Å². The van der Waals surface area contributed by atoms with E-state index in [2.05, 4.69) is 6.58 Å². The highest BCUT2D eigenvalue weighted by atomic mass is 32.2. The quantitative estimate of drug-likeness (QED) is 0.125. The van der Waals surface area contributed by atoms with Crippen molar-refractivity contribution in [1.82, 2.24) is 0 Å². The van der Waals surface area contributed by atoms with Crippen LogP contribution in [0.2, 0.25) is 0 Å². The van der Waals surface area contributed by atoms with E-state index >= 15 is 0 Å². The van der Waals surface area contributed by atoms with Crippen LogP contribution in [0.3, 0.4) is 0 Å². The van der Waals surface area contributed by atoms with E-state index in [0.717, 1.165) is 34.4 Å². The highest BCUT2D eigenvalue weighted by Gasteiger charge is 2.18. The monoisotopic (exact) mass is 608 g/mol. The molecule has 0 saturated carbocycles. The zero-order valence-electron chi connectivity index (χ0n) is 23.2. The molecule has 224 valence electrons. The second-order valence-corrected chi connectivity index (χ2v) is 10.3. The summed E-state index contributed by atoms with van der Waals surface area (Å²) < 4.78 is 34.0. The number of esters is 2. The van der Waals surface area contributed by atoms with E-state index in [-0.39, 0.29) is 26.4 Å². The molecule has 12 heteroatoms. The molecule has 0 radical (unpaired) electrons. The molecule has 0 bridgehead atoms. The molecular formula is C29H36O10S2. The van der Waals surface area contributed by atoms with Crippen molar-refractivity contribution in [2.75, 3.05) is 63.7 Å². The molecule has 2 rings (SSSR count).